The highest BCUT2D eigenvalue weighted by Crippen LogP contribution is 2.27. The van der Waals surface area contributed by atoms with Gasteiger partial charge in [0.15, 0.2) is 17.5 Å². The van der Waals surface area contributed by atoms with Crippen molar-refractivity contribution in [1.82, 2.24) is 10.2 Å². The van der Waals surface area contributed by atoms with E-state index >= 15 is 0 Å². The number of nitrogens with zero attached hydrogens (tertiary/aromatic N) is 1. The molecule has 20 heavy (non-hydrogen) atoms. The van der Waals surface area contributed by atoms with Gasteiger partial charge in [0.2, 0.25) is 0 Å². The number of benzene rings is 1. The minimum atomic E-state index is -1.59. The number of likely N-dealkylation sites (tertiary alicyclic amines) is 1. The van der Waals surface area contributed by atoms with Gasteiger partial charge in [-0.1, -0.05) is 0 Å². The first kappa shape index (κ1) is 13.4. The molecule has 2 aliphatic rings. The zero-order chi connectivity index (χ0) is 14.3. The molecule has 0 bridgehead atoms. The number of nitrogens with one attached hydrogen (secondary N) is 1. The molecular weight excluding hydrogens is 269 g/mol. The van der Waals surface area contributed by atoms with Gasteiger partial charge in [-0.3, -0.25) is 4.79 Å². The predicted octanol–water partition coefficient (Wildman–Crippen LogP) is 1.93. The van der Waals surface area contributed by atoms with E-state index in [0.717, 1.165) is 31.5 Å². The highest BCUT2D eigenvalue weighted by molar-refractivity contribution is 5.94. The topological polar surface area (TPSA) is 32.3 Å². The molecule has 6 heteroatoms. The Labute approximate surface area is 114 Å². The Morgan fingerprint density at radius 2 is 2.00 bits per heavy atom. The molecule has 2 fully saturated rings. The van der Waals surface area contributed by atoms with Gasteiger partial charge in [-0.2, -0.15) is 0 Å². The van der Waals surface area contributed by atoms with E-state index < -0.39 is 28.9 Å². The SMILES string of the molecule is O=C(c1ccc(F)c(F)c1F)N1C[C@@H]2CCCN[C@@H]2C1. The molecule has 0 aromatic heterocycles. The number of fused-ring (bicyclic) bond motifs is 1. The van der Waals surface area contributed by atoms with Crippen molar-refractivity contribution >= 4 is 5.91 Å². The minimum Gasteiger partial charge on any atom is -0.337 e. The third kappa shape index (κ3) is 2.18. The van der Waals surface area contributed by atoms with Gasteiger partial charge >= 0.3 is 0 Å². The summed E-state index contributed by atoms with van der Waals surface area (Å²) in [4.78, 5) is 13.8. The van der Waals surface area contributed by atoms with Gasteiger partial charge in [-0.25, -0.2) is 13.2 Å². The Morgan fingerprint density at radius 1 is 1.20 bits per heavy atom. The smallest absolute Gasteiger partial charge is 0.257 e. The minimum absolute atomic E-state index is 0.223. The number of hydrogen-bond donors (Lipinski definition) is 1. The maximum Gasteiger partial charge on any atom is 0.257 e. The van der Waals surface area contributed by atoms with Crippen LogP contribution in [-0.2, 0) is 0 Å². The molecule has 0 unspecified atom stereocenters. The fourth-order valence-corrected chi connectivity index (χ4v) is 3.07. The second kappa shape index (κ2) is 5.09. The average Bonchev–Trinajstić information content (AvgIpc) is 2.88. The lowest BCUT2D eigenvalue weighted by atomic mass is 9.94. The van der Waals surface area contributed by atoms with Gasteiger partial charge < -0.3 is 10.2 Å². The summed E-state index contributed by atoms with van der Waals surface area (Å²) in [6.07, 6.45) is 2.09. The van der Waals surface area contributed by atoms with E-state index in [4.69, 9.17) is 0 Å². The number of amides is 1. The molecule has 1 aromatic rings. The Morgan fingerprint density at radius 3 is 2.75 bits per heavy atom. The zero-order valence-corrected chi connectivity index (χ0v) is 10.8. The molecule has 1 amide bonds. The van der Waals surface area contributed by atoms with E-state index in [1.807, 2.05) is 0 Å². The van der Waals surface area contributed by atoms with Crippen molar-refractivity contribution in [2.24, 2.45) is 5.92 Å². The summed E-state index contributed by atoms with van der Waals surface area (Å²) in [7, 11) is 0. The summed E-state index contributed by atoms with van der Waals surface area (Å²) in [6.45, 7) is 1.94. The molecule has 0 aliphatic carbocycles. The van der Waals surface area contributed by atoms with E-state index in [-0.39, 0.29) is 6.04 Å². The lowest BCUT2D eigenvalue weighted by Gasteiger charge is -2.24. The van der Waals surface area contributed by atoms with Crippen LogP contribution in [0.2, 0.25) is 0 Å². The third-order valence-electron chi connectivity index (χ3n) is 4.15. The quantitative estimate of drug-likeness (QED) is 0.799. The maximum absolute atomic E-state index is 13.7. The van der Waals surface area contributed by atoms with Crippen molar-refractivity contribution in [3.05, 3.63) is 35.1 Å². The fraction of sp³-hybridized carbons (Fsp3) is 0.500. The normalized spacial score (nSPS) is 25.6. The first-order valence-electron chi connectivity index (χ1n) is 6.74. The van der Waals surface area contributed by atoms with Crippen molar-refractivity contribution in [1.29, 1.82) is 0 Å². The molecule has 3 rings (SSSR count). The van der Waals surface area contributed by atoms with Crippen LogP contribution in [0.15, 0.2) is 12.1 Å². The highest BCUT2D eigenvalue weighted by atomic mass is 19.2. The van der Waals surface area contributed by atoms with E-state index in [1.54, 1.807) is 0 Å². The molecule has 108 valence electrons. The van der Waals surface area contributed by atoms with Crippen LogP contribution in [0.25, 0.3) is 0 Å². The molecule has 1 N–H and O–H groups in total. The summed E-state index contributed by atoms with van der Waals surface area (Å²) in [6, 6.07) is 2.01. The summed E-state index contributed by atoms with van der Waals surface area (Å²) in [5.74, 6) is -4.49. The summed E-state index contributed by atoms with van der Waals surface area (Å²) in [5, 5.41) is 3.33. The number of carbonyl (C=O) groups is 1. The third-order valence-corrected chi connectivity index (χ3v) is 4.15. The monoisotopic (exact) mass is 284 g/mol. The average molecular weight is 284 g/mol. The molecule has 2 atom stereocenters. The van der Waals surface area contributed by atoms with Gasteiger partial charge in [-0.15, -0.1) is 0 Å². The number of carbonyl (C=O) groups excluding carboxylic acids is 1. The van der Waals surface area contributed by atoms with Crippen molar-refractivity contribution in [2.45, 2.75) is 18.9 Å². The van der Waals surface area contributed by atoms with Gasteiger partial charge in [0.25, 0.3) is 5.91 Å². The number of halogens is 3. The Kier molecular flexibility index (Phi) is 3.41. The van der Waals surface area contributed by atoms with E-state index in [0.29, 0.717) is 19.0 Å². The van der Waals surface area contributed by atoms with Crippen LogP contribution in [0.4, 0.5) is 13.2 Å². The van der Waals surface area contributed by atoms with E-state index in [1.165, 1.54) is 4.90 Å². The van der Waals surface area contributed by atoms with Gasteiger partial charge in [0.1, 0.15) is 0 Å². The molecule has 1 aromatic carbocycles. The van der Waals surface area contributed by atoms with Crippen LogP contribution in [-0.4, -0.2) is 36.5 Å². The number of rotatable bonds is 1. The highest BCUT2D eigenvalue weighted by Gasteiger charge is 2.37. The van der Waals surface area contributed by atoms with Crippen molar-refractivity contribution in [3.63, 3.8) is 0 Å². The van der Waals surface area contributed by atoms with Gasteiger partial charge in [0, 0.05) is 19.1 Å². The number of hydrogen-bond acceptors (Lipinski definition) is 2. The van der Waals surface area contributed by atoms with Crippen molar-refractivity contribution in [2.75, 3.05) is 19.6 Å². The molecule has 3 nitrogen and oxygen atoms in total. The molecule has 2 saturated heterocycles. The van der Waals surface area contributed by atoms with Gasteiger partial charge in [-0.05, 0) is 37.4 Å². The summed E-state index contributed by atoms with van der Waals surface area (Å²) >= 11 is 0. The summed E-state index contributed by atoms with van der Waals surface area (Å²) in [5.41, 5.74) is -0.400. The molecule has 0 spiro atoms. The van der Waals surface area contributed by atoms with Crippen molar-refractivity contribution < 1.29 is 18.0 Å². The van der Waals surface area contributed by atoms with Crippen LogP contribution in [0.3, 0.4) is 0 Å². The molecule has 2 aliphatic heterocycles. The first-order chi connectivity index (χ1) is 9.58. The van der Waals surface area contributed by atoms with Crippen LogP contribution >= 0.6 is 0 Å². The molecule has 2 heterocycles. The standard InChI is InChI=1S/C14H15F3N2O/c15-10-4-3-9(12(16)13(10)17)14(20)19-6-8-2-1-5-18-11(8)7-19/h3-4,8,11,18H,1-2,5-7H2/t8-,11+/m0/s1. The largest absolute Gasteiger partial charge is 0.337 e. The van der Waals surface area contributed by atoms with Crippen LogP contribution in [0, 0.1) is 23.4 Å². The van der Waals surface area contributed by atoms with Crippen LogP contribution < -0.4 is 5.32 Å². The lowest BCUT2D eigenvalue weighted by Crippen LogP contribution is -2.41. The first-order valence-corrected chi connectivity index (χ1v) is 6.74. The Balaban J connectivity index is 1.81. The fourth-order valence-electron chi connectivity index (χ4n) is 3.07. The second-order valence-electron chi connectivity index (χ2n) is 5.40. The van der Waals surface area contributed by atoms with Crippen LogP contribution in [0.1, 0.15) is 23.2 Å². The van der Waals surface area contributed by atoms with Crippen molar-refractivity contribution in [3.8, 4) is 0 Å². The summed E-state index contributed by atoms with van der Waals surface area (Å²) < 4.78 is 39.8. The Hall–Kier alpha value is -1.56. The van der Waals surface area contributed by atoms with Crippen LogP contribution in [0.5, 0.6) is 0 Å². The lowest BCUT2D eigenvalue weighted by molar-refractivity contribution is 0.0779. The molecule has 0 saturated carbocycles. The zero-order valence-electron chi connectivity index (χ0n) is 10.8. The molecular formula is C14H15F3N2O. The molecule has 0 radical (unpaired) electrons. The second-order valence-corrected chi connectivity index (χ2v) is 5.40. The van der Waals surface area contributed by atoms with E-state index in [9.17, 15) is 18.0 Å². The Bertz CT molecular complexity index is 535. The number of piperidine rings is 1. The maximum atomic E-state index is 13.7. The predicted molar refractivity (Wildman–Crippen MR) is 66.7 cm³/mol. The van der Waals surface area contributed by atoms with E-state index in [2.05, 4.69) is 5.32 Å². The van der Waals surface area contributed by atoms with Gasteiger partial charge in [0.05, 0.1) is 5.56 Å².